The van der Waals surface area contributed by atoms with E-state index in [2.05, 4.69) is 0 Å². The molecule has 0 spiro atoms. The zero-order chi connectivity index (χ0) is 7.56. The second kappa shape index (κ2) is 2.96. The van der Waals surface area contributed by atoms with Crippen molar-refractivity contribution in [3.05, 3.63) is 11.1 Å². The van der Waals surface area contributed by atoms with Gasteiger partial charge in [-0.3, -0.25) is 4.79 Å². The maximum atomic E-state index is 10.2. The maximum Gasteiger partial charge on any atom is 0.309 e. The largest absolute Gasteiger partial charge is 0.481 e. The summed E-state index contributed by atoms with van der Waals surface area (Å²) in [6.45, 7) is 0. The Hall–Kier alpha value is -0.640. The fourth-order valence-electron chi connectivity index (χ4n) is 0.750. The zero-order valence-corrected chi connectivity index (χ0v) is 6.52. The molecular formula is C6H9NO2S. The molecule has 1 heterocycles. The van der Waals surface area contributed by atoms with Crippen molar-refractivity contribution < 1.29 is 9.90 Å². The van der Waals surface area contributed by atoms with Crippen molar-refractivity contribution in [3.63, 3.8) is 0 Å². The topological polar surface area (TPSA) is 40.5 Å². The summed E-state index contributed by atoms with van der Waals surface area (Å²) < 4.78 is 0. The van der Waals surface area contributed by atoms with E-state index in [1.165, 1.54) is 0 Å². The van der Waals surface area contributed by atoms with Gasteiger partial charge in [-0.1, -0.05) is 0 Å². The highest BCUT2D eigenvalue weighted by atomic mass is 32.2. The Balaban J connectivity index is 2.47. The molecule has 10 heavy (non-hydrogen) atoms. The van der Waals surface area contributed by atoms with Gasteiger partial charge < -0.3 is 10.0 Å². The standard InChI is InChI=1S/C6H9NO2S/c1-7-4-10-3-5(7)2-6(8)9/h3H,2,4H2,1H3,(H,8,9). The van der Waals surface area contributed by atoms with E-state index in [4.69, 9.17) is 5.11 Å². The first-order chi connectivity index (χ1) is 4.70. The van der Waals surface area contributed by atoms with Crippen LogP contribution in [0.5, 0.6) is 0 Å². The average molecular weight is 159 g/mol. The van der Waals surface area contributed by atoms with Crippen LogP contribution in [0.25, 0.3) is 0 Å². The lowest BCUT2D eigenvalue weighted by atomic mass is 10.3. The van der Waals surface area contributed by atoms with Crippen LogP contribution in [0.15, 0.2) is 11.1 Å². The number of nitrogens with zero attached hydrogens (tertiary/aromatic N) is 1. The SMILES string of the molecule is CN1CSC=C1CC(=O)O. The Bertz CT molecular complexity index is 179. The van der Waals surface area contributed by atoms with Gasteiger partial charge in [0.25, 0.3) is 0 Å². The fraction of sp³-hybridized carbons (Fsp3) is 0.500. The van der Waals surface area contributed by atoms with Crippen molar-refractivity contribution in [1.29, 1.82) is 0 Å². The summed E-state index contributed by atoms with van der Waals surface area (Å²) in [5, 5.41) is 10.3. The smallest absolute Gasteiger partial charge is 0.309 e. The van der Waals surface area contributed by atoms with Gasteiger partial charge in [-0.05, 0) is 5.41 Å². The van der Waals surface area contributed by atoms with Gasteiger partial charge in [0.1, 0.15) is 0 Å². The molecule has 0 aromatic heterocycles. The molecule has 0 aromatic carbocycles. The minimum atomic E-state index is -0.763. The van der Waals surface area contributed by atoms with Crippen LogP contribution < -0.4 is 0 Å². The second-order valence-corrected chi connectivity index (χ2v) is 3.00. The number of hydrogen-bond donors (Lipinski definition) is 1. The molecule has 0 saturated heterocycles. The van der Waals surface area contributed by atoms with Gasteiger partial charge in [0.2, 0.25) is 0 Å². The minimum absolute atomic E-state index is 0.142. The van der Waals surface area contributed by atoms with Crippen LogP contribution in [-0.2, 0) is 4.79 Å². The van der Waals surface area contributed by atoms with Gasteiger partial charge in [-0.25, -0.2) is 0 Å². The fourth-order valence-corrected chi connectivity index (χ4v) is 1.67. The van der Waals surface area contributed by atoms with Crippen LogP contribution in [-0.4, -0.2) is 28.9 Å². The molecule has 0 atom stereocenters. The van der Waals surface area contributed by atoms with Gasteiger partial charge in [-0.2, -0.15) is 0 Å². The van der Waals surface area contributed by atoms with E-state index in [0.29, 0.717) is 0 Å². The molecule has 0 bridgehead atoms. The molecular weight excluding hydrogens is 150 g/mol. The summed E-state index contributed by atoms with van der Waals surface area (Å²) in [4.78, 5) is 12.2. The molecule has 0 unspecified atom stereocenters. The number of hydrogen-bond acceptors (Lipinski definition) is 3. The molecule has 0 saturated carbocycles. The van der Waals surface area contributed by atoms with Gasteiger partial charge in [0.15, 0.2) is 0 Å². The first kappa shape index (κ1) is 7.47. The summed E-state index contributed by atoms with van der Waals surface area (Å²) in [6, 6.07) is 0. The number of rotatable bonds is 2. The van der Waals surface area contributed by atoms with E-state index in [0.717, 1.165) is 11.6 Å². The molecule has 1 aliphatic heterocycles. The Morgan fingerprint density at radius 1 is 2.00 bits per heavy atom. The normalized spacial score (nSPS) is 17.3. The van der Waals surface area contributed by atoms with Crippen molar-refractivity contribution in [3.8, 4) is 0 Å². The first-order valence-electron chi connectivity index (χ1n) is 2.93. The zero-order valence-electron chi connectivity index (χ0n) is 5.70. The van der Waals surface area contributed by atoms with Crippen LogP contribution in [0.2, 0.25) is 0 Å². The van der Waals surface area contributed by atoms with Crippen LogP contribution in [0.4, 0.5) is 0 Å². The number of carbonyl (C=O) groups is 1. The molecule has 1 N–H and O–H groups in total. The van der Waals surface area contributed by atoms with Crippen LogP contribution in [0, 0.1) is 0 Å². The molecule has 0 amide bonds. The molecule has 0 aliphatic carbocycles. The molecule has 1 aliphatic rings. The Labute approximate surface area is 63.7 Å². The highest BCUT2D eigenvalue weighted by molar-refractivity contribution is 8.02. The van der Waals surface area contributed by atoms with E-state index < -0.39 is 5.97 Å². The Kier molecular flexibility index (Phi) is 2.21. The first-order valence-corrected chi connectivity index (χ1v) is 3.98. The van der Waals surface area contributed by atoms with E-state index in [1.54, 1.807) is 11.8 Å². The van der Waals surface area contributed by atoms with E-state index >= 15 is 0 Å². The lowest BCUT2D eigenvalue weighted by Gasteiger charge is -2.12. The van der Waals surface area contributed by atoms with Crippen molar-refractivity contribution in [2.24, 2.45) is 0 Å². The monoisotopic (exact) mass is 159 g/mol. The van der Waals surface area contributed by atoms with E-state index in [-0.39, 0.29) is 6.42 Å². The molecule has 1 rings (SSSR count). The van der Waals surface area contributed by atoms with Gasteiger partial charge >= 0.3 is 5.97 Å². The van der Waals surface area contributed by atoms with Gasteiger partial charge in [-0.15, -0.1) is 11.8 Å². The number of carboxylic acid groups (broad SMARTS) is 1. The quantitative estimate of drug-likeness (QED) is 0.651. The van der Waals surface area contributed by atoms with Gasteiger partial charge in [0.05, 0.1) is 12.3 Å². The van der Waals surface area contributed by atoms with Crippen LogP contribution >= 0.6 is 11.8 Å². The summed E-state index contributed by atoms with van der Waals surface area (Å²) in [7, 11) is 1.90. The average Bonchev–Trinajstić information content (AvgIpc) is 2.15. The highest BCUT2D eigenvalue weighted by Crippen LogP contribution is 2.22. The van der Waals surface area contributed by atoms with E-state index in [1.807, 2.05) is 17.4 Å². The van der Waals surface area contributed by atoms with Crippen molar-refractivity contribution in [2.45, 2.75) is 6.42 Å². The molecule has 0 fully saturated rings. The van der Waals surface area contributed by atoms with Crippen molar-refractivity contribution in [2.75, 3.05) is 12.9 Å². The third kappa shape index (κ3) is 1.67. The Morgan fingerprint density at radius 3 is 3.10 bits per heavy atom. The second-order valence-electron chi connectivity index (χ2n) is 2.17. The summed E-state index contributed by atoms with van der Waals surface area (Å²) in [5.41, 5.74) is 0.900. The number of thioether (sulfide) groups is 1. The molecule has 56 valence electrons. The number of aliphatic carboxylic acids is 1. The highest BCUT2D eigenvalue weighted by Gasteiger charge is 2.13. The van der Waals surface area contributed by atoms with Crippen molar-refractivity contribution >= 4 is 17.7 Å². The summed E-state index contributed by atoms with van der Waals surface area (Å²) >= 11 is 1.63. The summed E-state index contributed by atoms with van der Waals surface area (Å²) in [6.07, 6.45) is 0.142. The maximum absolute atomic E-state index is 10.2. The summed E-state index contributed by atoms with van der Waals surface area (Å²) in [5.74, 6) is 0.114. The lowest BCUT2D eigenvalue weighted by Crippen LogP contribution is -2.14. The van der Waals surface area contributed by atoms with Crippen molar-refractivity contribution in [1.82, 2.24) is 4.90 Å². The molecule has 0 radical (unpaired) electrons. The molecule has 3 nitrogen and oxygen atoms in total. The minimum Gasteiger partial charge on any atom is -0.481 e. The lowest BCUT2D eigenvalue weighted by molar-refractivity contribution is -0.136. The predicted octanol–water partition coefficient (Wildman–Crippen LogP) is 0.939. The molecule has 4 heteroatoms. The number of carboxylic acids is 1. The third-order valence-corrected chi connectivity index (χ3v) is 2.29. The Morgan fingerprint density at radius 2 is 2.70 bits per heavy atom. The predicted molar refractivity (Wildman–Crippen MR) is 40.6 cm³/mol. The third-order valence-electron chi connectivity index (χ3n) is 1.31. The van der Waals surface area contributed by atoms with Gasteiger partial charge in [0, 0.05) is 12.7 Å². The van der Waals surface area contributed by atoms with Crippen LogP contribution in [0.1, 0.15) is 6.42 Å². The molecule has 0 aromatic rings. The van der Waals surface area contributed by atoms with E-state index in [9.17, 15) is 4.79 Å². The van der Waals surface area contributed by atoms with Crippen LogP contribution in [0.3, 0.4) is 0 Å².